The number of hydrogen-bond donors (Lipinski definition) is 1. The van der Waals surface area contributed by atoms with E-state index in [0.29, 0.717) is 30.5 Å². The van der Waals surface area contributed by atoms with Gasteiger partial charge in [-0.25, -0.2) is 4.39 Å². The molecule has 1 aliphatic rings. The number of carbonyl (C=O) groups excluding carboxylic acids is 1. The van der Waals surface area contributed by atoms with Gasteiger partial charge < -0.3 is 9.64 Å². The van der Waals surface area contributed by atoms with Crippen molar-refractivity contribution in [3.63, 3.8) is 0 Å². The third-order valence-corrected chi connectivity index (χ3v) is 3.67. The highest BCUT2D eigenvalue weighted by Crippen LogP contribution is 2.21. The van der Waals surface area contributed by atoms with Gasteiger partial charge in [0.1, 0.15) is 5.82 Å². The van der Waals surface area contributed by atoms with Gasteiger partial charge in [0.2, 0.25) is 0 Å². The summed E-state index contributed by atoms with van der Waals surface area (Å²) in [5, 5.41) is 0. The van der Waals surface area contributed by atoms with Crippen LogP contribution in [0, 0.1) is 11.7 Å². The Morgan fingerprint density at radius 2 is 2.37 bits per heavy atom. The monoisotopic (exact) mass is 283 g/mol. The predicted octanol–water partition coefficient (Wildman–Crippen LogP) is 2.61. The van der Waals surface area contributed by atoms with E-state index in [1.807, 2.05) is 0 Å². The first-order valence-electron chi connectivity index (χ1n) is 6.38. The van der Waals surface area contributed by atoms with Crippen LogP contribution in [0.15, 0.2) is 23.1 Å². The third-order valence-electron chi connectivity index (χ3n) is 3.39. The Labute approximate surface area is 118 Å². The van der Waals surface area contributed by atoms with Gasteiger partial charge >= 0.3 is 0 Å². The Morgan fingerprint density at radius 1 is 1.58 bits per heavy atom. The first kappa shape index (κ1) is 14.3. The van der Waals surface area contributed by atoms with Gasteiger partial charge in [-0.3, -0.25) is 4.79 Å². The molecule has 0 aromatic heterocycles. The molecule has 0 radical (unpaired) electrons. The van der Waals surface area contributed by atoms with E-state index in [2.05, 4.69) is 12.6 Å². The van der Waals surface area contributed by atoms with Crippen molar-refractivity contribution in [1.29, 1.82) is 0 Å². The van der Waals surface area contributed by atoms with Gasteiger partial charge in [0.15, 0.2) is 0 Å². The molecular weight excluding hydrogens is 265 g/mol. The van der Waals surface area contributed by atoms with Crippen LogP contribution < -0.4 is 0 Å². The van der Waals surface area contributed by atoms with Gasteiger partial charge in [-0.15, -0.1) is 12.6 Å². The SMILES string of the molecule is COCC1CCCN(C(=O)c2cc(S)ccc2F)C1. The molecule has 1 fully saturated rings. The molecule has 104 valence electrons. The topological polar surface area (TPSA) is 29.5 Å². The quantitative estimate of drug-likeness (QED) is 0.864. The molecule has 0 N–H and O–H groups in total. The first-order chi connectivity index (χ1) is 9.11. The zero-order chi connectivity index (χ0) is 13.8. The summed E-state index contributed by atoms with van der Waals surface area (Å²) in [6, 6.07) is 4.31. The van der Waals surface area contributed by atoms with E-state index >= 15 is 0 Å². The summed E-state index contributed by atoms with van der Waals surface area (Å²) < 4.78 is 18.8. The molecule has 1 unspecified atom stereocenters. The molecule has 0 aliphatic carbocycles. The highest BCUT2D eigenvalue weighted by Gasteiger charge is 2.26. The highest BCUT2D eigenvalue weighted by atomic mass is 32.1. The molecular formula is C14H18FNO2S. The number of amides is 1. The Bertz CT molecular complexity index is 465. The molecule has 1 saturated heterocycles. The standard InChI is InChI=1S/C14H18FNO2S/c1-18-9-10-3-2-6-16(8-10)14(17)12-7-11(19)4-5-13(12)15/h4-5,7,10,19H,2-3,6,8-9H2,1H3. The van der Waals surface area contributed by atoms with Crippen LogP contribution in [0.1, 0.15) is 23.2 Å². The molecule has 1 aromatic rings. The molecule has 1 aliphatic heterocycles. The summed E-state index contributed by atoms with van der Waals surface area (Å²) in [5.41, 5.74) is 0.102. The maximum absolute atomic E-state index is 13.7. The number of likely N-dealkylation sites (tertiary alicyclic amines) is 1. The molecule has 19 heavy (non-hydrogen) atoms. The molecule has 2 rings (SSSR count). The third kappa shape index (κ3) is 3.48. The van der Waals surface area contributed by atoms with Crippen LogP contribution in [-0.4, -0.2) is 37.6 Å². The van der Waals surface area contributed by atoms with Crippen LogP contribution in [0.4, 0.5) is 4.39 Å². The lowest BCUT2D eigenvalue weighted by Gasteiger charge is -2.32. The number of hydrogen-bond acceptors (Lipinski definition) is 3. The number of methoxy groups -OCH3 is 1. The molecule has 1 atom stereocenters. The average Bonchev–Trinajstić information content (AvgIpc) is 2.41. The smallest absolute Gasteiger partial charge is 0.256 e. The Balaban J connectivity index is 2.12. The average molecular weight is 283 g/mol. The van der Waals surface area contributed by atoms with Gasteiger partial charge in [-0.1, -0.05) is 0 Å². The number of benzene rings is 1. The van der Waals surface area contributed by atoms with E-state index in [1.54, 1.807) is 18.1 Å². The van der Waals surface area contributed by atoms with E-state index in [9.17, 15) is 9.18 Å². The van der Waals surface area contributed by atoms with Crippen LogP contribution in [0.3, 0.4) is 0 Å². The summed E-state index contributed by atoms with van der Waals surface area (Å²) in [6.07, 6.45) is 1.98. The van der Waals surface area contributed by atoms with E-state index < -0.39 is 5.82 Å². The first-order valence-corrected chi connectivity index (χ1v) is 6.83. The fourth-order valence-electron chi connectivity index (χ4n) is 2.47. The number of piperidine rings is 1. The lowest BCUT2D eigenvalue weighted by Crippen LogP contribution is -2.41. The summed E-state index contributed by atoms with van der Waals surface area (Å²) in [5.74, 6) is -0.407. The minimum atomic E-state index is -0.489. The maximum atomic E-state index is 13.7. The van der Waals surface area contributed by atoms with Crippen molar-refractivity contribution in [2.24, 2.45) is 5.92 Å². The lowest BCUT2D eigenvalue weighted by molar-refractivity contribution is 0.0566. The van der Waals surface area contributed by atoms with Crippen molar-refractivity contribution in [2.75, 3.05) is 26.8 Å². The van der Waals surface area contributed by atoms with Crippen molar-refractivity contribution in [1.82, 2.24) is 4.90 Å². The molecule has 1 heterocycles. The summed E-state index contributed by atoms with van der Waals surface area (Å²) in [7, 11) is 1.66. The van der Waals surface area contributed by atoms with Gasteiger partial charge in [0, 0.05) is 25.1 Å². The Kier molecular flexibility index (Phi) is 4.82. The van der Waals surface area contributed by atoms with Crippen molar-refractivity contribution in [3.05, 3.63) is 29.6 Å². The van der Waals surface area contributed by atoms with Crippen LogP contribution in [0.2, 0.25) is 0 Å². The zero-order valence-corrected chi connectivity index (χ0v) is 11.8. The van der Waals surface area contributed by atoms with Gasteiger partial charge in [0.25, 0.3) is 5.91 Å². The van der Waals surface area contributed by atoms with Gasteiger partial charge in [0.05, 0.1) is 12.2 Å². The Hall–Kier alpha value is -1.07. The van der Waals surface area contributed by atoms with E-state index in [4.69, 9.17) is 4.74 Å². The molecule has 0 saturated carbocycles. The highest BCUT2D eigenvalue weighted by molar-refractivity contribution is 7.80. The Morgan fingerprint density at radius 3 is 3.11 bits per heavy atom. The van der Waals surface area contributed by atoms with Crippen molar-refractivity contribution < 1.29 is 13.9 Å². The molecule has 0 bridgehead atoms. The summed E-state index contributed by atoms with van der Waals surface area (Å²) in [6.45, 7) is 1.94. The predicted molar refractivity (Wildman–Crippen MR) is 74.2 cm³/mol. The normalized spacial score (nSPS) is 19.5. The molecule has 1 aromatic carbocycles. The van der Waals surface area contributed by atoms with Crippen LogP contribution in [0.25, 0.3) is 0 Å². The minimum absolute atomic E-state index is 0.102. The summed E-state index contributed by atoms with van der Waals surface area (Å²) >= 11 is 4.15. The fraction of sp³-hybridized carbons (Fsp3) is 0.500. The minimum Gasteiger partial charge on any atom is -0.384 e. The number of halogens is 1. The fourth-order valence-corrected chi connectivity index (χ4v) is 2.67. The van der Waals surface area contributed by atoms with Crippen LogP contribution in [0.5, 0.6) is 0 Å². The molecule has 0 spiro atoms. The van der Waals surface area contributed by atoms with Crippen molar-refractivity contribution in [3.8, 4) is 0 Å². The number of nitrogens with zero attached hydrogens (tertiary/aromatic N) is 1. The molecule has 5 heteroatoms. The largest absolute Gasteiger partial charge is 0.384 e. The lowest BCUT2D eigenvalue weighted by atomic mass is 9.98. The zero-order valence-electron chi connectivity index (χ0n) is 10.9. The summed E-state index contributed by atoms with van der Waals surface area (Å²) in [4.78, 5) is 14.6. The van der Waals surface area contributed by atoms with E-state index in [0.717, 1.165) is 12.8 Å². The number of carbonyl (C=O) groups is 1. The van der Waals surface area contributed by atoms with Crippen molar-refractivity contribution in [2.45, 2.75) is 17.7 Å². The van der Waals surface area contributed by atoms with E-state index in [1.165, 1.54) is 12.1 Å². The second-order valence-electron chi connectivity index (χ2n) is 4.88. The number of rotatable bonds is 3. The number of ether oxygens (including phenoxy) is 1. The molecule has 1 amide bonds. The van der Waals surface area contributed by atoms with Gasteiger partial charge in [-0.2, -0.15) is 0 Å². The molecule has 3 nitrogen and oxygen atoms in total. The van der Waals surface area contributed by atoms with Crippen molar-refractivity contribution >= 4 is 18.5 Å². The second kappa shape index (κ2) is 6.39. The second-order valence-corrected chi connectivity index (χ2v) is 5.40. The van der Waals surface area contributed by atoms with Crippen LogP contribution in [-0.2, 0) is 4.74 Å². The number of thiol groups is 1. The van der Waals surface area contributed by atoms with E-state index in [-0.39, 0.29) is 11.5 Å². The van der Waals surface area contributed by atoms with Crippen LogP contribution >= 0.6 is 12.6 Å². The van der Waals surface area contributed by atoms with Gasteiger partial charge in [-0.05, 0) is 37.0 Å². The maximum Gasteiger partial charge on any atom is 0.256 e.